The highest BCUT2D eigenvalue weighted by atomic mass is 16.6. The van der Waals surface area contributed by atoms with E-state index in [0.717, 1.165) is 0 Å². The predicted octanol–water partition coefficient (Wildman–Crippen LogP) is 2.18. The van der Waals surface area contributed by atoms with Crippen LogP contribution in [-0.4, -0.2) is 64.4 Å². The number of Topliss-reactive ketones (excluding diaryl/α,β-unsaturated/α-hetero) is 1. The molecule has 9 heteroatoms. The fourth-order valence-corrected chi connectivity index (χ4v) is 6.18. The van der Waals surface area contributed by atoms with E-state index in [4.69, 9.17) is 14.2 Å². The van der Waals surface area contributed by atoms with Crippen LogP contribution in [0.3, 0.4) is 0 Å². The molecule has 35 heavy (non-hydrogen) atoms. The molecule has 9 nitrogen and oxygen atoms in total. The summed E-state index contributed by atoms with van der Waals surface area (Å²) in [7, 11) is 0. The van der Waals surface area contributed by atoms with Gasteiger partial charge in [-0.25, -0.2) is 0 Å². The maximum atomic E-state index is 13.9. The normalized spacial score (nSPS) is 38.1. The third-order valence-corrected chi connectivity index (χ3v) is 7.92. The first-order valence-corrected chi connectivity index (χ1v) is 11.9. The third kappa shape index (κ3) is 4.93. The van der Waals surface area contributed by atoms with Crippen LogP contribution < -0.4 is 0 Å². The van der Waals surface area contributed by atoms with E-state index < -0.39 is 71.0 Å². The molecule has 0 aromatic rings. The van der Waals surface area contributed by atoms with Gasteiger partial charge in [0.25, 0.3) is 0 Å². The minimum absolute atomic E-state index is 0.0205. The molecule has 1 fully saturated rings. The van der Waals surface area contributed by atoms with E-state index in [0.29, 0.717) is 23.1 Å². The van der Waals surface area contributed by atoms with E-state index in [9.17, 15) is 29.4 Å². The Morgan fingerprint density at radius 2 is 1.51 bits per heavy atom. The SMILES string of the molecule is CC(=O)OC1CC2C(OC(C)=O)/C=C3\CC(C)(C(=O)C(O)C(=C1C)C2(C)C)C(OC(C)=O)CC3O. The average molecular weight is 493 g/mol. The van der Waals surface area contributed by atoms with E-state index in [1.165, 1.54) is 20.8 Å². The molecule has 3 aliphatic rings. The Bertz CT molecular complexity index is 991. The number of esters is 3. The Balaban J connectivity index is 2.29. The van der Waals surface area contributed by atoms with Gasteiger partial charge in [-0.3, -0.25) is 19.2 Å². The van der Waals surface area contributed by atoms with Gasteiger partial charge in [0.2, 0.25) is 0 Å². The molecule has 7 atom stereocenters. The van der Waals surface area contributed by atoms with Crippen molar-refractivity contribution in [2.75, 3.05) is 0 Å². The number of hydrogen-bond acceptors (Lipinski definition) is 9. The number of ketones is 1. The van der Waals surface area contributed by atoms with Crippen LogP contribution in [0.5, 0.6) is 0 Å². The van der Waals surface area contributed by atoms with Crippen molar-refractivity contribution in [3.05, 3.63) is 22.8 Å². The first-order valence-electron chi connectivity index (χ1n) is 11.9. The largest absolute Gasteiger partial charge is 0.461 e. The average Bonchev–Trinajstić information content (AvgIpc) is 2.70. The Morgan fingerprint density at radius 3 is 2.06 bits per heavy atom. The molecule has 0 aliphatic heterocycles. The highest BCUT2D eigenvalue weighted by molar-refractivity contribution is 5.93. The van der Waals surface area contributed by atoms with Crippen LogP contribution in [0.15, 0.2) is 22.8 Å². The number of fused-ring (bicyclic) bond motifs is 4. The van der Waals surface area contributed by atoms with E-state index in [-0.39, 0.29) is 12.8 Å². The first-order chi connectivity index (χ1) is 16.1. The van der Waals surface area contributed by atoms with Gasteiger partial charge in [-0.15, -0.1) is 0 Å². The van der Waals surface area contributed by atoms with Gasteiger partial charge >= 0.3 is 17.9 Å². The van der Waals surface area contributed by atoms with Gasteiger partial charge in [0.15, 0.2) is 5.78 Å². The standard InChI is InChI=1S/C26H36O9/c1-12-19(33-13(2)27)9-17-20(34-14(3)28)8-16-11-26(7,21(10-18(16)30)35-15(4)29)24(32)23(31)22(12)25(17,5)6/h8,17-21,23,30-31H,9-11H2,1-7H3/b16-8+. The zero-order chi connectivity index (χ0) is 26.5. The van der Waals surface area contributed by atoms with E-state index in [2.05, 4.69) is 0 Å². The van der Waals surface area contributed by atoms with Crippen LogP contribution in [0, 0.1) is 16.7 Å². The number of ether oxygens (including phenoxy) is 3. The minimum atomic E-state index is -1.58. The summed E-state index contributed by atoms with van der Waals surface area (Å²) in [6, 6.07) is 0. The molecule has 0 radical (unpaired) electrons. The maximum Gasteiger partial charge on any atom is 0.303 e. The van der Waals surface area contributed by atoms with Crippen molar-refractivity contribution in [1.29, 1.82) is 0 Å². The summed E-state index contributed by atoms with van der Waals surface area (Å²) in [4.78, 5) is 49.7. The van der Waals surface area contributed by atoms with Crippen molar-refractivity contribution in [1.82, 2.24) is 0 Å². The van der Waals surface area contributed by atoms with Gasteiger partial charge in [0.1, 0.15) is 24.4 Å². The van der Waals surface area contributed by atoms with E-state index in [1.807, 2.05) is 13.8 Å². The summed E-state index contributed by atoms with van der Waals surface area (Å²) >= 11 is 0. The number of carbonyl (C=O) groups is 4. The number of aliphatic hydroxyl groups excluding tert-OH is 2. The quantitative estimate of drug-likeness (QED) is 0.345. The van der Waals surface area contributed by atoms with Crippen LogP contribution in [0.1, 0.15) is 67.7 Å². The smallest absolute Gasteiger partial charge is 0.303 e. The molecule has 0 aromatic carbocycles. The summed E-state index contributed by atoms with van der Waals surface area (Å²) < 4.78 is 16.7. The molecule has 0 amide bonds. The summed E-state index contributed by atoms with van der Waals surface area (Å²) in [5, 5.41) is 22.5. The van der Waals surface area contributed by atoms with Crippen molar-refractivity contribution in [2.45, 2.75) is 98.2 Å². The third-order valence-electron chi connectivity index (χ3n) is 7.92. The molecule has 2 N–H and O–H groups in total. The van der Waals surface area contributed by atoms with Crippen molar-refractivity contribution in [3.8, 4) is 0 Å². The second-order valence-corrected chi connectivity index (χ2v) is 10.8. The van der Waals surface area contributed by atoms with Crippen molar-refractivity contribution >= 4 is 23.7 Å². The van der Waals surface area contributed by atoms with Crippen molar-refractivity contribution in [3.63, 3.8) is 0 Å². The molecule has 0 aromatic heterocycles. The van der Waals surface area contributed by atoms with Gasteiger partial charge in [-0.2, -0.15) is 0 Å². The van der Waals surface area contributed by atoms with Gasteiger partial charge in [0, 0.05) is 33.1 Å². The lowest BCUT2D eigenvalue weighted by molar-refractivity contribution is -0.166. The molecular formula is C26H36O9. The van der Waals surface area contributed by atoms with Crippen molar-refractivity contribution in [2.24, 2.45) is 16.7 Å². The fourth-order valence-electron chi connectivity index (χ4n) is 6.18. The number of carbonyl (C=O) groups excluding carboxylic acids is 4. The Labute approximate surface area is 205 Å². The van der Waals surface area contributed by atoms with Gasteiger partial charge in [-0.05, 0) is 54.9 Å². The lowest BCUT2D eigenvalue weighted by Crippen LogP contribution is -2.56. The number of rotatable bonds is 3. The molecule has 194 valence electrons. The van der Waals surface area contributed by atoms with Crippen molar-refractivity contribution < 1.29 is 43.6 Å². The fraction of sp³-hybridized carbons (Fsp3) is 0.692. The molecular weight excluding hydrogens is 456 g/mol. The van der Waals surface area contributed by atoms with Gasteiger partial charge in [-0.1, -0.05) is 13.8 Å². The zero-order valence-electron chi connectivity index (χ0n) is 21.4. The van der Waals surface area contributed by atoms with E-state index in [1.54, 1.807) is 19.9 Å². The summed E-state index contributed by atoms with van der Waals surface area (Å²) in [5.41, 5.74) is -0.763. The van der Waals surface area contributed by atoms with E-state index >= 15 is 0 Å². The van der Waals surface area contributed by atoms with Crippen LogP contribution in [-0.2, 0) is 33.4 Å². The zero-order valence-corrected chi connectivity index (χ0v) is 21.4. The summed E-state index contributed by atoms with van der Waals surface area (Å²) in [6.07, 6.45) is -3.17. The molecule has 0 heterocycles. The predicted molar refractivity (Wildman–Crippen MR) is 124 cm³/mol. The topological polar surface area (TPSA) is 136 Å². The summed E-state index contributed by atoms with van der Waals surface area (Å²) in [6.45, 7) is 10.8. The monoisotopic (exact) mass is 492 g/mol. The molecule has 4 bridgehead atoms. The highest BCUT2D eigenvalue weighted by Crippen LogP contribution is 2.53. The van der Waals surface area contributed by atoms with Crippen LogP contribution >= 0.6 is 0 Å². The second-order valence-electron chi connectivity index (χ2n) is 10.8. The van der Waals surface area contributed by atoms with Gasteiger partial charge < -0.3 is 24.4 Å². The van der Waals surface area contributed by atoms with Gasteiger partial charge in [0.05, 0.1) is 11.5 Å². The van der Waals surface area contributed by atoms with Crippen LogP contribution in [0.4, 0.5) is 0 Å². The molecule has 0 saturated heterocycles. The molecule has 7 unspecified atom stereocenters. The minimum Gasteiger partial charge on any atom is -0.461 e. The Hall–Kier alpha value is -2.52. The second kappa shape index (κ2) is 9.50. The molecule has 3 aliphatic carbocycles. The molecule has 3 rings (SSSR count). The first kappa shape index (κ1) is 27.1. The highest BCUT2D eigenvalue weighted by Gasteiger charge is 2.56. The number of aliphatic hydroxyl groups is 2. The van der Waals surface area contributed by atoms with Crippen LogP contribution in [0.2, 0.25) is 0 Å². The molecule has 1 saturated carbocycles. The summed E-state index contributed by atoms with van der Waals surface area (Å²) in [5.74, 6) is -2.66. The number of hydrogen-bond donors (Lipinski definition) is 2. The maximum absolute atomic E-state index is 13.9. The Morgan fingerprint density at radius 1 is 0.943 bits per heavy atom. The Kier molecular flexibility index (Phi) is 7.35. The lowest BCUT2D eigenvalue weighted by atomic mass is 9.57. The lowest BCUT2D eigenvalue weighted by Gasteiger charge is -2.51. The molecule has 0 spiro atoms. The van der Waals surface area contributed by atoms with Crippen LogP contribution in [0.25, 0.3) is 0 Å².